The van der Waals surface area contributed by atoms with Crippen LogP contribution in [0, 0.1) is 0 Å². The average Bonchev–Trinajstić information content (AvgIpc) is 4.20. The molecule has 0 saturated carbocycles. The lowest BCUT2D eigenvalue weighted by Crippen LogP contribution is -1.96. The molecule has 0 bridgehead atoms. The highest BCUT2D eigenvalue weighted by molar-refractivity contribution is 7.19. The second-order valence-electron chi connectivity index (χ2n) is 19.0. The molecule has 74 heavy (non-hydrogen) atoms. The highest BCUT2D eigenvalue weighted by atomic mass is 32.1. The molecular formula is C72H46S2. The number of benzene rings is 12. The lowest BCUT2D eigenvalue weighted by molar-refractivity contribution is 1.60. The zero-order valence-corrected chi connectivity index (χ0v) is 42.0. The molecule has 0 nitrogen and oxygen atoms in total. The molecule has 0 unspecified atom stereocenters. The van der Waals surface area contributed by atoms with E-state index < -0.39 is 0 Å². The van der Waals surface area contributed by atoms with Gasteiger partial charge in [0.2, 0.25) is 0 Å². The van der Waals surface area contributed by atoms with Gasteiger partial charge in [0.15, 0.2) is 0 Å². The summed E-state index contributed by atoms with van der Waals surface area (Å²) in [6, 6.07) is 103. The van der Waals surface area contributed by atoms with Gasteiger partial charge in [0.05, 0.1) is 0 Å². The van der Waals surface area contributed by atoms with Gasteiger partial charge < -0.3 is 0 Å². The predicted molar refractivity (Wildman–Crippen MR) is 321 cm³/mol. The van der Waals surface area contributed by atoms with Gasteiger partial charge >= 0.3 is 0 Å². The van der Waals surface area contributed by atoms with Gasteiger partial charge in [-0.3, -0.25) is 0 Å². The minimum Gasteiger partial charge on any atom is -0.135 e. The number of rotatable bonds is 9. The molecule has 0 saturated heterocycles. The quantitative estimate of drug-likeness (QED) is 0.126. The predicted octanol–water partition coefficient (Wildman–Crippen LogP) is 21.4. The van der Waals surface area contributed by atoms with E-state index in [0.29, 0.717) is 0 Å². The number of fused-ring (bicyclic) bond motifs is 4. The van der Waals surface area contributed by atoms with Crippen molar-refractivity contribution in [1.82, 2.24) is 0 Å². The molecule has 14 aromatic rings. The third kappa shape index (κ3) is 7.58. The molecule has 0 aliphatic carbocycles. The first-order valence-corrected chi connectivity index (χ1v) is 26.9. The highest BCUT2D eigenvalue weighted by Gasteiger charge is 2.25. The van der Waals surface area contributed by atoms with Crippen molar-refractivity contribution >= 4 is 65.8 Å². The first-order chi connectivity index (χ1) is 36.7. The van der Waals surface area contributed by atoms with Crippen LogP contribution in [0.25, 0.3) is 140 Å². The maximum atomic E-state index is 2.42. The first-order valence-electron chi connectivity index (χ1n) is 25.3. The second-order valence-corrected chi connectivity index (χ2v) is 21.2. The van der Waals surface area contributed by atoms with Crippen LogP contribution < -0.4 is 0 Å². The van der Waals surface area contributed by atoms with Gasteiger partial charge in [0.25, 0.3) is 0 Å². The Hall–Kier alpha value is -8.92. The van der Waals surface area contributed by atoms with Crippen molar-refractivity contribution in [3.8, 4) is 97.4 Å². The van der Waals surface area contributed by atoms with Crippen LogP contribution in [0.2, 0.25) is 0 Å². The fourth-order valence-electron chi connectivity index (χ4n) is 11.4. The van der Waals surface area contributed by atoms with E-state index in [1.54, 1.807) is 0 Å². The summed E-state index contributed by atoms with van der Waals surface area (Å²) in [6.07, 6.45) is 0. The summed E-state index contributed by atoms with van der Waals surface area (Å²) in [7, 11) is 0. The maximum absolute atomic E-state index is 2.42. The topological polar surface area (TPSA) is 0 Å². The average molecular weight is 975 g/mol. The molecule has 0 spiro atoms. The number of hydrogen-bond donors (Lipinski definition) is 0. The fourth-order valence-corrected chi connectivity index (χ4v) is 13.4. The molecular weight excluding hydrogens is 929 g/mol. The molecule has 0 aliphatic rings. The molecule has 0 aliphatic heterocycles. The van der Waals surface area contributed by atoms with E-state index in [2.05, 4.69) is 279 Å². The summed E-state index contributed by atoms with van der Waals surface area (Å²) in [4.78, 5) is 5.06. The number of thiophene rings is 2. The van der Waals surface area contributed by atoms with Crippen LogP contribution in [0.4, 0.5) is 0 Å². The molecule has 346 valence electrons. The molecule has 0 amide bonds. The van der Waals surface area contributed by atoms with Crippen LogP contribution in [0.3, 0.4) is 0 Å². The Bertz CT molecular complexity index is 3990. The smallest absolute Gasteiger partial charge is 0.0349 e. The monoisotopic (exact) mass is 974 g/mol. The minimum absolute atomic E-state index is 1.20. The van der Waals surface area contributed by atoms with Crippen molar-refractivity contribution < 1.29 is 0 Å². The van der Waals surface area contributed by atoms with Crippen LogP contribution >= 0.6 is 22.7 Å². The summed E-state index contributed by atoms with van der Waals surface area (Å²) in [5, 5.41) is 9.87. The molecule has 2 aromatic heterocycles. The minimum atomic E-state index is 1.20. The zero-order valence-electron chi connectivity index (χ0n) is 40.4. The van der Waals surface area contributed by atoms with Crippen molar-refractivity contribution in [3.05, 3.63) is 279 Å². The first kappa shape index (κ1) is 43.8. The van der Waals surface area contributed by atoms with E-state index >= 15 is 0 Å². The van der Waals surface area contributed by atoms with Gasteiger partial charge in [-0.25, -0.2) is 0 Å². The van der Waals surface area contributed by atoms with Crippen LogP contribution in [0.5, 0.6) is 0 Å². The molecule has 0 N–H and O–H groups in total. The number of hydrogen-bond acceptors (Lipinski definition) is 2. The van der Waals surface area contributed by atoms with Crippen molar-refractivity contribution in [3.63, 3.8) is 0 Å². The zero-order chi connectivity index (χ0) is 49.0. The van der Waals surface area contributed by atoms with E-state index in [1.807, 2.05) is 22.7 Å². The molecule has 0 radical (unpaired) electrons. The van der Waals surface area contributed by atoms with E-state index in [1.165, 1.54) is 140 Å². The third-order valence-corrected chi connectivity index (χ3v) is 17.1. The van der Waals surface area contributed by atoms with Crippen LogP contribution in [-0.4, -0.2) is 0 Å². The molecule has 2 heteroatoms. The SMILES string of the molecule is c1ccc(-c2ccc(-c3ccc(-c4c5ccccc5c(-c5c6ccccc6c(-c6ccc(-c7ccc(-c8ccccc8)s7)cc6-c6ccccc6)c6ccccc56)c5ccccc45)c(-c4ccccc4)c3)s2)cc1. The van der Waals surface area contributed by atoms with Crippen molar-refractivity contribution in [2.75, 3.05) is 0 Å². The summed E-state index contributed by atoms with van der Waals surface area (Å²) in [6.45, 7) is 0. The van der Waals surface area contributed by atoms with E-state index in [-0.39, 0.29) is 0 Å². The van der Waals surface area contributed by atoms with Gasteiger partial charge in [-0.2, -0.15) is 0 Å². The second kappa shape index (κ2) is 18.6. The molecule has 12 aromatic carbocycles. The Morgan fingerprint density at radius 3 is 0.703 bits per heavy atom. The normalized spacial score (nSPS) is 11.5. The Kier molecular flexibility index (Phi) is 11.0. The summed E-state index contributed by atoms with van der Waals surface area (Å²) in [5.41, 5.74) is 17.2. The lowest BCUT2D eigenvalue weighted by atomic mass is 9.79. The van der Waals surface area contributed by atoms with Gasteiger partial charge in [-0.05, 0) is 157 Å². The van der Waals surface area contributed by atoms with Gasteiger partial charge in [0, 0.05) is 19.5 Å². The van der Waals surface area contributed by atoms with Crippen LogP contribution in [0.1, 0.15) is 0 Å². The van der Waals surface area contributed by atoms with Crippen LogP contribution in [0.15, 0.2) is 279 Å². The Labute approximate surface area is 439 Å². The van der Waals surface area contributed by atoms with E-state index in [9.17, 15) is 0 Å². The van der Waals surface area contributed by atoms with Crippen LogP contribution in [-0.2, 0) is 0 Å². The summed E-state index contributed by atoms with van der Waals surface area (Å²) in [5.74, 6) is 0. The van der Waals surface area contributed by atoms with E-state index in [4.69, 9.17) is 0 Å². The summed E-state index contributed by atoms with van der Waals surface area (Å²) >= 11 is 3.70. The highest BCUT2D eigenvalue weighted by Crippen LogP contribution is 2.53. The van der Waals surface area contributed by atoms with Gasteiger partial charge in [-0.15, -0.1) is 22.7 Å². The van der Waals surface area contributed by atoms with Crippen molar-refractivity contribution in [2.24, 2.45) is 0 Å². The molecule has 2 heterocycles. The largest absolute Gasteiger partial charge is 0.135 e. The van der Waals surface area contributed by atoms with Crippen molar-refractivity contribution in [2.45, 2.75) is 0 Å². The van der Waals surface area contributed by atoms with Crippen molar-refractivity contribution in [1.29, 1.82) is 0 Å². The standard InChI is InChI=1S/C72H46S2/c1-5-21-47(22-6-1)63-45-51(67-43-41-65(73-67)49-25-9-3-10-26-49)37-39-61(63)69-53-29-13-17-33-57(53)71(58-34-18-14-30-54(58)69)72-59-35-19-15-31-55(59)70(56-32-16-20-36-60(56)72)62-40-38-52(46-64(62)48-23-7-2-8-24-48)68-44-42-66(74-68)50-27-11-4-12-28-50/h1-46H. The van der Waals surface area contributed by atoms with E-state index in [0.717, 1.165) is 0 Å². The Balaban J connectivity index is 0.996. The fraction of sp³-hybridized carbons (Fsp3) is 0. The molecule has 14 rings (SSSR count). The maximum Gasteiger partial charge on any atom is 0.0349 e. The Morgan fingerprint density at radius 2 is 0.405 bits per heavy atom. The molecule has 0 atom stereocenters. The summed E-state index contributed by atoms with van der Waals surface area (Å²) < 4.78 is 0. The molecule has 0 fully saturated rings. The third-order valence-electron chi connectivity index (χ3n) is 14.8. The van der Waals surface area contributed by atoms with Gasteiger partial charge in [0.1, 0.15) is 0 Å². The van der Waals surface area contributed by atoms with Gasteiger partial charge in [-0.1, -0.05) is 243 Å². The lowest BCUT2D eigenvalue weighted by Gasteiger charge is -2.24. The Morgan fingerprint density at radius 1 is 0.162 bits per heavy atom.